The van der Waals surface area contributed by atoms with E-state index in [1.165, 1.54) is 0 Å². The zero-order valence-corrected chi connectivity index (χ0v) is 9.34. The van der Waals surface area contributed by atoms with Crippen molar-refractivity contribution in [3.05, 3.63) is 41.7 Å². The highest BCUT2D eigenvalue weighted by Crippen LogP contribution is 2.19. The molecule has 0 saturated carbocycles. The molecule has 78 valence electrons. The fourth-order valence-electron chi connectivity index (χ4n) is 1.46. The SMILES string of the molecule is CSc1ccc(C(=O)C2=CCCO2)cc1. The van der Waals surface area contributed by atoms with Crippen LogP contribution in [-0.2, 0) is 4.74 Å². The van der Waals surface area contributed by atoms with E-state index >= 15 is 0 Å². The molecule has 0 fully saturated rings. The molecule has 1 aliphatic heterocycles. The van der Waals surface area contributed by atoms with Crippen molar-refractivity contribution in [3.63, 3.8) is 0 Å². The lowest BCUT2D eigenvalue weighted by molar-refractivity contribution is 0.0942. The van der Waals surface area contributed by atoms with Gasteiger partial charge in [0.05, 0.1) is 6.61 Å². The summed E-state index contributed by atoms with van der Waals surface area (Å²) in [5.74, 6) is 0.479. The molecule has 1 aromatic rings. The highest BCUT2D eigenvalue weighted by Gasteiger charge is 2.16. The number of hydrogen-bond donors (Lipinski definition) is 0. The maximum atomic E-state index is 11.8. The van der Waals surface area contributed by atoms with E-state index in [1.807, 2.05) is 36.6 Å². The number of carbonyl (C=O) groups excluding carboxylic acids is 1. The second-order valence-electron chi connectivity index (χ2n) is 3.26. The molecule has 0 amide bonds. The first-order valence-corrected chi connectivity index (χ1v) is 6.05. The zero-order valence-electron chi connectivity index (χ0n) is 8.53. The fraction of sp³-hybridized carbons (Fsp3) is 0.250. The van der Waals surface area contributed by atoms with Crippen molar-refractivity contribution >= 4 is 17.5 Å². The standard InChI is InChI=1S/C12H12O2S/c1-15-10-6-4-9(5-7-10)12(13)11-3-2-8-14-11/h3-7H,2,8H2,1H3. The fourth-order valence-corrected chi connectivity index (χ4v) is 1.87. The molecule has 2 rings (SSSR count). The summed E-state index contributed by atoms with van der Waals surface area (Å²) in [5, 5.41) is 0. The lowest BCUT2D eigenvalue weighted by Gasteiger charge is -2.03. The number of allylic oxidation sites excluding steroid dienone is 1. The number of Topliss-reactive ketones (excluding diaryl/α,β-unsaturated/α-hetero) is 1. The quantitative estimate of drug-likeness (QED) is 0.578. The number of ether oxygens (including phenoxy) is 1. The van der Waals surface area contributed by atoms with Crippen LogP contribution in [0.15, 0.2) is 41.0 Å². The van der Waals surface area contributed by atoms with Crippen molar-refractivity contribution in [1.82, 2.24) is 0 Å². The maximum absolute atomic E-state index is 11.8. The van der Waals surface area contributed by atoms with Crippen molar-refractivity contribution in [2.45, 2.75) is 11.3 Å². The van der Waals surface area contributed by atoms with E-state index in [2.05, 4.69) is 0 Å². The lowest BCUT2D eigenvalue weighted by atomic mass is 10.1. The average molecular weight is 220 g/mol. The smallest absolute Gasteiger partial charge is 0.227 e. The van der Waals surface area contributed by atoms with Crippen molar-refractivity contribution in [3.8, 4) is 0 Å². The molecule has 1 aliphatic rings. The van der Waals surface area contributed by atoms with Crippen molar-refractivity contribution in [2.75, 3.05) is 12.9 Å². The van der Waals surface area contributed by atoms with Gasteiger partial charge in [-0.2, -0.15) is 0 Å². The van der Waals surface area contributed by atoms with Gasteiger partial charge in [-0.25, -0.2) is 0 Å². The van der Waals surface area contributed by atoms with Crippen molar-refractivity contribution in [1.29, 1.82) is 0 Å². The third kappa shape index (κ3) is 2.23. The number of benzene rings is 1. The molecule has 0 saturated heterocycles. The number of carbonyl (C=O) groups is 1. The Labute approximate surface area is 93.3 Å². The summed E-state index contributed by atoms with van der Waals surface area (Å²) < 4.78 is 5.23. The zero-order chi connectivity index (χ0) is 10.7. The van der Waals surface area contributed by atoms with Gasteiger partial charge in [-0.15, -0.1) is 11.8 Å². The molecule has 0 bridgehead atoms. The molecule has 0 N–H and O–H groups in total. The number of rotatable bonds is 3. The van der Waals surface area contributed by atoms with Gasteiger partial charge in [0.25, 0.3) is 0 Å². The van der Waals surface area contributed by atoms with Crippen LogP contribution in [0.3, 0.4) is 0 Å². The Balaban J connectivity index is 2.18. The summed E-state index contributed by atoms with van der Waals surface area (Å²) in [6.45, 7) is 0.629. The highest BCUT2D eigenvalue weighted by molar-refractivity contribution is 7.98. The monoisotopic (exact) mass is 220 g/mol. The van der Waals surface area contributed by atoms with Crippen LogP contribution in [0.4, 0.5) is 0 Å². The van der Waals surface area contributed by atoms with Gasteiger partial charge in [0, 0.05) is 16.9 Å². The molecular formula is C12H12O2S. The number of thioether (sulfide) groups is 1. The molecule has 0 spiro atoms. The van der Waals surface area contributed by atoms with Crippen LogP contribution in [-0.4, -0.2) is 18.6 Å². The third-order valence-corrected chi connectivity index (χ3v) is 3.02. The van der Waals surface area contributed by atoms with Crippen molar-refractivity contribution in [2.24, 2.45) is 0 Å². The molecule has 15 heavy (non-hydrogen) atoms. The van der Waals surface area contributed by atoms with Crippen LogP contribution in [0.1, 0.15) is 16.8 Å². The van der Waals surface area contributed by atoms with Gasteiger partial charge < -0.3 is 4.74 Å². The molecular weight excluding hydrogens is 208 g/mol. The van der Waals surface area contributed by atoms with Crippen LogP contribution in [0.2, 0.25) is 0 Å². The molecule has 0 radical (unpaired) electrons. The summed E-state index contributed by atoms with van der Waals surface area (Å²) in [6.07, 6.45) is 4.70. The third-order valence-electron chi connectivity index (χ3n) is 2.28. The summed E-state index contributed by atoms with van der Waals surface area (Å²) in [7, 11) is 0. The average Bonchev–Trinajstić information content (AvgIpc) is 2.82. The second-order valence-corrected chi connectivity index (χ2v) is 4.14. The first-order chi connectivity index (χ1) is 7.31. The van der Waals surface area contributed by atoms with Crippen LogP contribution in [0.5, 0.6) is 0 Å². The summed E-state index contributed by atoms with van der Waals surface area (Å²) >= 11 is 1.66. The van der Waals surface area contributed by atoms with E-state index in [0.29, 0.717) is 17.9 Å². The Morgan fingerprint density at radius 2 is 2.07 bits per heavy atom. The summed E-state index contributed by atoms with van der Waals surface area (Å²) in [6, 6.07) is 7.59. The largest absolute Gasteiger partial charge is 0.489 e. The minimum absolute atomic E-state index is 0.0137. The first kappa shape index (κ1) is 10.3. The van der Waals surface area contributed by atoms with E-state index in [9.17, 15) is 4.79 Å². The van der Waals surface area contributed by atoms with Crippen molar-refractivity contribution < 1.29 is 9.53 Å². The molecule has 0 unspecified atom stereocenters. The minimum Gasteiger partial charge on any atom is -0.489 e. The van der Waals surface area contributed by atoms with Crippen LogP contribution in [0, 0.1) is 0 Å². The maximum Gasteiger partial charge on any atom is 0.227 e. The van der Waals surface area contributed by atoms with Gasteiger partial charge in [0.1, 0.15) is 0 Å². The van der Waals surface area contributed by atoms with E-state index < -0.39 is 0 Å². The van der Waals surface area contributed by atoms with Gasteiger partial charge in [0.15, 0.2) is 5.76 Å². The van der Waals surface area contributed by atoms with E-state index in [4.69, 9.17) is 4.74 Å². The van der Waals surface area contributed by atoms with Gasteiger partial charge in [-0.1, -0.05) is 0 Å². The predicted octanol–water partition coefficient (Wildman–Crippen LogP) is 2.90. The molecule has 0 aromatic heterocycles. The number of hydrogen-bond acceptors (Lipinski definition) is 3. The number of ketones is 1. The van der Waals surface area contributed by atoms with Crippen LogP contribution < -0.4 is 0 Å². The first-order valence-electron chi connectivity index (χ1n) is 4.83. The molecule has 2 nitrogen and oxygen atoms in total. The van der Waals surface area contributed by atoms with Gasteiger partial charge in [-0.3, -0.25) is 4.79 Å². The normalized spacial score (nSPS) is 14.6. The molecule has 3 heteroatoms. The van der Waals surface area contributed by atoms with E-state index in [-0.39, 0.29) is 5.78 Å². The van der Waals surface area contributed by atoms with E-state index in [1.54, 1.807) is 11.8 Å². The Kier molecular flexibility index (Phi) is 3.11. The molecule has 1 aromatic carbocycles. The van der Waals surface area contributed by atoms with Gasteiger partial charge in [-0.05, 0) is 36.6 Å². The molecule has 0 aliphatic carbocycles. The molecule has 1 heterocycles. The topological polar surface area (TPSA) is 26.3 Å². The highest BCUT2D eigenvalue weighted by atomic mass is 32.2. The summed E-state index contributed by atoms with van der Waals surface area (Å²) in [5.41, 5.74) is 0.695. The summed E-state index contributed by atoms with van der Waals surface area (Å²) in [4.78, 5) is 13.0. The minimum atomic E-state index is -0.0137. The Morgan fingerprint density at radius 3 is 2.60 bits per heavy atom. The Hall–Kier alpha value is -1.22. The second kappa shape index (κ2) is 4.53. The van der Waals surface area contributed by atoms with Crippen LogP contribution in [0.25, 0.3) is 0 Å². The predicted molar refractivity (Wildman–Crippen MR) is 61.2 cm³/mol. The van der Waals surface area contributed by atoms with E-state index in [0.717, 1.165) is 11.3 Å². The Morgan fingerprint density at radius 1 is 1.33 bits per heavy atom. The lowest BCUT2D eigenvalue weighted by Crippen LogP contribution is -2.03. The van der Waals surface area contributed by atoms with Gasteiger partial charge in [0.2, 0.25) is 5.78 Å². The molecule has 0 atom stereocenters. The van der Waals surface area contributed by atoms with Gasteiger partial charge >= 0.3 is 0 Å². The Bertz CT molecular complexity index is 393. The van der Waals surface area contributed by atoms with Crippen LogP contribution >= 0.6 is 11.8 Å².